The van der Waals surface area contributed by atoms with Crippen molar-refractivity contribution in [2.45, 2.75) is 120 Å². The molecule has 1 unspecified atom stereocenters. The Hall–Kier alpha value is -0.830. The van der Waals surface area contributed by atoms with E-state index in [1.807, 2.05) is 20.8 Å². The molecular formula is C28H40O7. The summed E-state index contributed by atoms with van der Waals surface area (Å²) in [6.45, 7) is 10.2. The molecule has 35 heavy (non-hydrogen) atoms. The van der Waals surface area contributed by atoms with Gasteiger partial charge in [-0.3, -0.25) is 4.79 Å². The lowest BCUT2D eigenvalue weighted by atomic mass is 9.43. The number of aliphatic hydroxyl groups excluding tert-OH is 1. The highest BCUT2D eigenvalue weighted by Crippen LogP contribution is 2.73. The highest BCUT2D eigenvalue weighted by atomic mass is 16.7. The van der Waals surface area contributed by atoms with Crippen molar-refractivity contribution in [3.05, 3.63) is 12.2 Å². The fourth-order valence-corrected chi connectivity index (χ4v) is 10.1. The molecule has 0 aromatic heterocycles. The maximum atomic E-state index is 13.3. The van der Waals surface area contributed by atoms with Gasteiger partial charge in [-0.05, 0) is 82.1 Å². The zero-order chi connectivity index (χ0) is 25.0. The normalized spacial score (nSPS) is 64.9. The van der Waals surface area contributed by atoms with Crippen molar-refractivity contribution >= 4 is 5.78 Å². The van der Waals surface area contributed by atoms with E-state index in [1.54, 1.807) is 12.2 Å². The lowest BCUT2D eigenvalue weighted by molar-refractivity contribution is -0.235. The monoisotopic (exact) mass is 488 g/mol. The largest absolute Gasteiger partial charge is 0.389 e. The Balaban J connectivity index is 1.21. The second-order valence-electron chi connectivity index (χ2n) is 13.8. The first-order valence-corrected chi connectivity index (χ1v) is 13.6. The van der Waals surface area contributed by atoms with E-state index in [9.17, 15) is 20.1 Å². The summed E-state index contributed by atoms with van der Waals surface area (Å²) in [6, 6.07) is 0. The van der Waals surface area contributed by atoms with Crippen LogP contribution in [0.25, 0.3) is 0 Å². The minimum Gasteiger partial charge on any atom is -0.389 e. The Kier molecular flexibility index (Phi) is 4.27. The Morgan fingerprint density at radius 3 is 2.49 bits per heavy atom. The van der Waals surface area contributed by atoms with Crippen LogP contribution in [-0.4, -0.2) is 68.1 Å². The summed E-state index contributed by atoms with van der Waals surface area (Å²) < 4.78 is 18.2. The number of hydrogen-bond donors (Lipinski definition) is 3. The second-order valence-corrected chi connectivity index (χ2v) is 13.8. The molecule has 7 heteroatoms. The smallest absolute Gasteiger partial charge is 0.186 e. The van der Waals surface area contributed by atoms with Crippen LogP contribution in [0.3, 0.4) is 0 Å². The maximum Gasteiger partial charge on any atom is 0.186 e. The number of ether oxygens (including phenoxy) is 3. The molecule has 3 saturated carbocycles. The van der Waals surface area contributed by atoms with Gasteiger partial charge in [0.15, 0.2) is 12.1 Å². The molecule has 3 N–H and O–H groups in total. The average Bonchev–Trinajstić information content (AvgIpc) is 3.67. The van der Waals surface area contributed by atoms with Gasteiger partial charge in [-0.2, -0.15) is 0 Å². The molecule has 194 valence electrons. The molecule has 0 bridgehead atoms. The van der Waals surface area contributed by atoms with Gasteiger partial charge in [0.1, 0.15) is 22.9 Å². The van der Waals surface area contributed by atoms with E-state index in [1.165, 1.54) is 0 Å². The van der Waals surface area contributed by atoms with Gasteiger partial charge < -0.3 is 29.5 Å². The summed E-state index contributed by atoms with van der Waals surface area (Å²) in [4.78, 5) is 13.3. The van der Waals surface area contributed by atoms with Gasteiger partial charge in [-0.1, -0.05) is 19.9 Å². The molecule has 3 heterocycles. The van der Waals surface area contributed by atoms with E-state index >= 15 is 0 Å². The van der Waals surface area contributed by atoms with E-state index in [-0.39, 0.29) is 53.2 Å². The first-order chi connectivity index (χ1) is 16.3. The number of aliphatic hydroxyl groups is 3. The van der Waals surface area contributed by atoms with Crippen molar-refractivity contribution in [2.24, 2.45) is 34.5 Å². The molecule has 7 nitrogen and oxygen atoms in total. The molecule has 3 saturated heterocycles. The van der Waals surface area contributed by atoms with E-state index in [0.29, 0.717) is 19.3 Å². The van der Waals surface area contributed by atoms with Crippen LogP contribution in [0.1, 0.15) is 73.1 Å². The minimum absolute atomic E-state index is 0.0192. The Labute approximate surface area is 207 Å². The van der Waals surface area contributed by atoms with E-state index < -0.39 is 34.1 Å². The van der Waals surface area contributed by atoms with Crippen LogP contribution < -0.4 is 0 Å². The number of allylic oxidation sites excluding steroid dienone is 1. The van der Waals surface area contributed by atoms with Crippen LogP contribution in [0.15, 0.2) is 12.2 Å². The molecule has 7 aliphatic rings. The number of hydrogen-bond acceptors (Lipinski definition) is 7. The molecule has 0 spiro atoms. The number of epoxide rings is 2. The topological polar surface area (TPSA) is 112 Å². The minimum atomic E-state index is -1.14. The quantitative estimate of drug-likeness (QED) is 0.512. The molecule has 7 rings (SSSR count). The average molecular weight is 489 g/mol. The van der Waals surface area contributed by atoms with Crippen LogP contribution in [0.5, 0.6) is 0 Å². The van der Waals surface area contributed by atoms with Gasteiger partial charge in [0.05, 0.1) is 23.2 Å². The SMILES string of the molecule is C[C@H]([C@H]1C[C@]2(C)O[C@]2(C)C(O)O1)[C@@]1(O)CC[C@H]2[C@@H]3[C@@H]4O[C@@H]4[C@@]4(O)CC=CC(=O)[C@]4(C)[C@H]3CC[C@@]21C. The zero-order valence-corrected chi connectivity index (χ0v) is 21.5. The molecular weight excluding hydrogens is 448 g/mol. The van der Waals surface area contributed by atoms with Crippen molar-refractivity contribution in [3.63, 3.8) is 0 Å². The van der Waals surface area contributed by atoms with Gasteiger partial charge in [-0.25, -0.2) is 0 Å². The highest BCUT2D eigenvalue weighted by Gasteiger charge is 2.79. The van der Waals surface area contributed by atoms with Crippen LogP contribution in [-0.2, 0) is 19.0 Å². The van der Waals surface area contributed by atoms with Crippen molar-refractivity contribution < 1.29 is 34.3 Å². The summed E-state index contributed by atoms with van der Waals surface area (Å²) in [5.74, 6) is 0.226. The van der Waals surface area contributed by atoms with Gasteiger partial charge in [-0.15, -0.1) is 0 Å². The fraction of sp³-hybridized carbons (Fsp3) is 0.893. The molecule has 0 aromatic carbocycles. The van der Waals surface area contributed by atoms with Gasteiger partial charge in [0.2, 0.25) is 0 Å². The molecule has 4 aliphatic carbocycles. The summed E-state index contributed by atoms with van der Waals surface area (Å²) in [5.41, 5.74) is -4.40. The van der Waals surface area contributed by atoms with Crippen molar-refractivity contribution in [3.8, 4) is 0 Å². The molecule has 14 atom stereocenters. The second kappa shape index (κ2) is 6.41. The van der Waals surface area contributed by atoms with Gasteiger partial charge >= 0.3 is 0 Å². The molecule has 3 aliphatic heterocycles. The first kappa shape index (κ1) is 23.3. The lowest BCUT2D eigenvalue weighted by Crippen LogP contribution is -2.68. The van der Waals surface area contributed by atoms with Gasteiger partial charge in [0.25, 0.3) is 0 Å². The van der Waals surface area contributed by atoms with Crippen LogP contribution >= 0.6 is 0 Å². The van der Waals surface area contributed by atoms with Gasteiger partial charge in [0, 0.05) is 12.3 Å². The summed E-state index contributed by atoms with van der Waals surface area (Å²) in [7, 11) is 0. The Bertz CT molecular complexity index is 1030. The number of carbonyl (C=O) groups excluding carboxylic acids is 1. The molecule has 6 fully saturated rings. The van der Waals surface area contributed by atoms with Crippen molar-refractivity contribution in [1.29, 1.82) is 0 Å². The number of rotatable bonds is 2. The predicted octanol–water partition coefficient (Wildman–Crippen LogP) is 2.50. The fourth-order valence-electron chi connectivity index (χ4n) is 10.1. The third-order valence-corrected chi connectivity index (χ3v) is 12.9. The lowest BCUT2D eigenvalue weighted by Gasteiger charge is -2.61. The van der Waals surface area contributed by atoms with Crippen LogP contribution in [0.4, 0.5) is 0 Å². The molecule has 0 radical (unpaired) electrons. The first-order valence-electron chi connectivity index (χ1n) is 13.6. The Morgan fingerprint density at radius 2 is 1.77 bits per heavy atom. The third kappa shape index (κ3) is 2.39. The zero-order valence-electron chi connectivity index (χ0n) is 21.5. The number of ketones is 1. The van der Waals surface area contributed by atoms with E-state index in [2.05, 4.69) is 13.8 Å². The van der Waals surface area contributed by atoms with Crippen LogP contribution in [0, 0.1) is 34.5 Å². The highest BCUT2D eigenvalue weighted by molar-refractivity contribution is 5.97. The third-order valence-electron chi connectivity index (χ3n) is 12.9. The van der Waals surface area contributed by atoms with Crippen molar-refractivity contribution in [2.75, 3.05) is 0 Å². The number of carbonyl (C=O) groups is 1. The van der Waals surface area contributed by atoms with Crippen molar-refractivity contribution in [1.82, 2.24) is 0 Å². The predicted molar refractivity (Wildman–Crippen MR) is 125 cm³/mol. The van der Waals surface area contributed by atoms with E-state index in [0.717, 1.165) is 19.3 Å². The standard InChI is InChI=1S/C28H40O7/c1-14(17-13-24(3)26(5,35-24)22(30)33-17)27(31)12-9-15-19-16(8-11-23(15,27)2)25(4)18(29)7-6-10-28(25,32)21-20(19)34-21/h6-7,14-17,19-22,30-32H,8-13H2,1-5H3/t14-,15+,16+,17-,19+,20+,21+,22?,23+,24+,25+,26-,27+,28+/m1/s1. The van der Waals surface area contributed by atoms with Crippen LogP contribution in [0.2, 0.25) is 0 Å². The summed E-state index contributed by atoms with van der Waals surface area (Å²) in [5, 5.41) is 34.8. The molecule has 0 aromatic rings. The van der Waals surface area contributed by atoms with E-state index in [4.69, 9.17) is 14.2 Å². The molecule has 0 amide bonds. The number of fused-ring (bicyclic) bond motifs is 9. The summed E-state index contributed by atoms with van der Waals surface area (Å²) in [6.07, 6.45) is 6.03. The summed E-state index contributed by atoms with van der Waals surface area (Å²) >= 11 is 0. The Morgan fingerprint density at radius 1 is 1.06 bits per heavy atom. The maximum absolute atomic E-state index is 13.3.